The van der Waals surface area contributed by atoms with Crippen molar-refractivity contribution in [3.63, 3.8) is 0 Å². The predicted octanol–water partition coefficient (Wildman–Crippen LogP) is 5.06. The third-order valence-electron chi connectivity index (χ3n) is 7.79. The molecule has 1 aromatic heterocycles. The maximum atomic E-state index is 12.9. The van der Waals surface area contributed by atoms with Gasteiger partial charge in [0.2, 0.25) is 12.3 Å². The number of nitrogens with one attached hydrogen (secondary N) is 1. The molecule has 5 rings (SSSR count). The van der Waals surface area contributed by atoms with Gasteiger partial charge in [0.1, 0.15) is 16.7 Å². The third kappa shape index (κ3) is 6.42. The number of hydrogen-bond acceptors (Lipinski definition) is 9. The Morgan fingerprint density at radius 1 is 1.20 bits per heavy atom. The fourth-order valence-electron chi connectivity index (χ4n) is 5.17. The second-order valence-corrected chi connectivity index (χ2v) is 11.8. The molecule has 4 heterocycles. The van der Waals surface area contributed by atoms with Crippen molar-refractivity contribution in [3.8, 4) is 0 Å². The van der Waals surface area contributed by atoms with Gasteiger partial charge in [0.15, 0.2) is 0 Å². The van der Waals surface area contributed by atoms with Gasteiger partial charge in [-0.2, -0.15) is 4.99 Å². The molecule has 10 nitrogen and oxygen atoms in total. The number of piperidine rings is 2. The summed E-state index contributed by atoms with van der Waals surface area (Å²) in [4.78, 5) is 41.9. The van der Waals surface area contributed by atoms with Crippen LogP contribution in [-0.4, -0.2) is 71.0 Å². The number of likely N-dealkylation sites (tertiary alicyclic amines) is 1. The highest BCUT2D eigenvalue weighted by atomic mass is 35.5. The van der Waals surface area contributed by atoms with Crippen LogP contribution in [0.2, 0.25) is 5.02 Å². The Morgan fingerprint density at radius 2 is 2.02 bits per heavy atom. The lowest BCUT2D eigenvalue weighted by Crippen LogP contribution is -2.40. The van der Waals surface area contributed by atoms with E-state index in [0.29, 0.717) is 51.3 Å². The molecule has 0 bridgehead atoms. The number of anilines is 2. The van der Waals surface area contributed by atoms with Gasteiger partial charge in [-0.1, -0.05) is 29.4 Å². The Hall–Kier alpha value is -3.15. The Kier molecular flexibility index (Phi) is 8.92. The Labute approximate surface area is 242 Å². The van der Waals surface area contributed by atoms with Crippen molar-refractivity contribution < 1.29 is 19.4 Å². The number of aromatic nitrogens is 2. The Morgan fingerprint density at radius 3 is 2.73 bits per heavy atom. The minimum atomic E-state index is -0.545. The Balaban J connectivity index is 1.22. The summed E-state index contributed by atoms with van der Waals surface area (Å²) in [5.41, 5.74) is 0.750. The van der Waals surface area contributed by atoms with Gasteiger partial charge in [0.05, 0.1) is 35.3 Å². The molecule has 1 spiro atoms. The second-order valence-electron chi connectivity index (χ2n) is 10.4. The van der Waals surface area contributed by atoms with Gasteiger partial charge in [-0.3, -0.25) is 9.59 Å². The van der Waals surface area contributed by atoms with Gasteiger partial charge in [0.25, 0.3) is 5.91 Å². The van der Waals surface area contributed by atoms with Gasteiger partial charge in [-0.05, 0) is 56.6 Å². The molecule has 2 N–H and O–H groups in total. The van der Waals surface area contributed by atoms with Gasteiger partial charge in [0, 0.05) is 37.6 Å². The summed E-state index contributed by atoms with van der Waals surface area (Å²) >= 11 is 7.99. The van der Waals surface area contributed by atoms with E-state index in [1.165, 1.54) is 23.6 Å². The number of benzene rings is 1. The summed E-state index contributed by atoms with van der Waals surface area (Å²) in [5, 5.41) is 14.2. The number of amides is 2. The molecule has 2 aromatic rings. The van der Waals surface area contributed by atoms with E-state index in [1.807, 2.05) is 6.07 Å². The fourth-order valence-corrected chi connectivity index (χ4v) is 6.24. The molecule has 0 atom stereocenters. The summed E-state index contributed by atoms with van der Waals surface area (Å²) in [6, 6.07) is 5.31. The zero-order chi connectivity index (χ0) is 28.1. The topological polar surface area (TPSA) is 120 Å². The van der Waals surface area contributed by atoms with Crippen LogP contribution in [0, 0.1) is 5.41 Å². The van der Waals surface area contributed by atoms with Crippen molar-refractivity contribution in [1.29, 1.82) is 0 Å². The van der Waals surface area contributed by atoms with Crippen LogP contribution in [0.1, 0.15) is 45.4 Å². The molecule has 0 unspecified atom stereocenters. The molecule has 3 saturated heterocycles. The lowest BCUT2D eigenvalue weighted by Gasteiger charge is -2.38. The first-order valence-electron chi connectivity index (χ1n) is 13.5. The van der Waals surface area contributed by atoms with E-state index < -0.39 is 11.8 Å². The van der Waals surface area contributed by atoms with Gasteiger partial charge in [-0.25, -0.2) is 9.97 Å². The second kappa shape index (κ2) is 12.6. The minimum Gasteiger partial charge on any atom is -0.493 e. The normalized spacial score (nSPS) is 20.5. The van der Waals surface area contributed by atoms with Crippen LogP contribution in [-0.2, 0) is 14.3 Å². The lowest BCUT2D eigenvalue weighted by atomic mass is 9.78. The average Bonchev–Trinajstić information content (AvgIpc) is 3.43. The highest BCUT2D eigenvalue weighted by Gasteiger charge is 2.38. The van der Waals surface area contributed by atoms with Crippen LogP contribution in [0.4, 0.5) is 11.5 Å². The summed E-state index contributed by atoms with van der Waals surface area (Å²) < 4.78 is 5.63. The van der Waals surface area contributed by atoms with E-state index in [1.54, 1.807) is 24.5 Å². The smallest absolute Gasteiger partial charge is 0.256 e. The summed E-state index contributed by atoms with van der Waals surface area (Å²) in [6.07, 6.45) is 9.88. The number of ether oxygens (including phenoxy) is 1. The number of aliphatic imine (C=N–C) groups is 1. The minimum absolute atomic E-state index is 0.0172. The quantitative estimate of drug-likeness (QED) is 0.263. The molecule has 3 aliphatic rings. The predicted molar refractivity (Wildman–Crippen MR) is 155 cm³/mol. The van der Waals surface area contributed by atoms with E-state index in [0.717, 1.165) is 64.2 Å². The zero-order valence-corrected chi connectivity index (χ0v) is 24.0. The van der Waals surface area contributed by atoms with E-state index in [4.69, 9.17) is 16.3 Å². The number of carbonyl (C=O) groups is 2. The average molecular weight is 585 g/mol. The first-order valence-corrected chi connectivity index (χ1v) is 14.7. The van der Waals surface area contributed by atoms with Crippen molar-refractivity contribution in [2.45, 2.75) is 55.4 Å². The number of rotatable bonds is 7. The summed E-state index contributed by atoms with van der Waals surface area (Å²) in [5.74, 6) is 0.331. The first-order chi connectivity index (χ1) is 19.4. The SMILES string of the molecule is C/C(C(=O)Nc1cccc(Sc2cnc(N3CCC4(CCOC4)CC3)cn2)c1Cl)=C(O)\N=C1\CCCCN1C=O. The maximum absolute atomic E-state index is 12.9. The van der Waals surface area contributed by atoms with Crippen LogP contribution in [0.15, 0.2) is 57.0 Å². The first kappa shape index (κ1) is 28.4. The molecule has 3 fully saturated rings. The molecule has 40 heavy (non-hydrogen) atoms. The maximum Gasteiger partial charge on any atom is 0.256 e. The van der Waals surface area contributed by atoms with Crippen LogP contribution in [0.5, 0.6) is 0 Å². The monoisotopic (exact) mass is 584 g/mol. The van der Waals surface area contributed by atoms with Crippen molar-refractivity contribution in [3.05, 3.63) is 47.1 Å². The van der Waals surface area contributed by atoms with E-state index in [9.17, 15) is 14.7 Å². The molecular formula is C28H33ClN6O4S. The number of carbonyl (C=O) groups excluding carboxylic acids is 2. The molecule has 2 amide bonds. The number of halogens is 1. The molecule has 212 valence electrons. The van der Waals surface area contributed by atoms with Crippen LogP contribution in [0.25, 0.3) is 0 Å². The number of hydrogen-bond donors (Lipinski definition) is 2. The fraction of sp³-hybridized carbons (Fsp3) is 0.464. The van der Waals surface area contributed by atoms with E-state index in [2.05, 4.69) is 25.2 Å². The van der Waals surface area contributed by atoms with Gasteiger partial charge in [-0.15, -0.1) is 0 Å². The molecule has 0 aliphatic carbocycles. The molecule has 0 radical (unpaired) electrons. The van der Waals surface area contributed by atoms with Crippen LogP contribution >= 0.6 is 23.4 Å². The van der Waals surface area contributed by atoms with Crippen LogP contribution < -0.4 is 10.2 Å². The molecule has 3 aliphatic heterocycles. The number of nitrogens with zero attached hydrogens (tertiary/aromatic N) is 5. The molecule has 0 saturated carbocycles. The lowest BCUT2D eigenvalue weighted by molar-refractivity contribution is -0.115. The third-order valence-corrected chi connectivity index (χ3v) is 9.29. The summed E-state index contributed by atoms with van der Waals surface area (Å²) in [7, 11) is 0. The number of aliphatic hydroxyl groups excluding tert-OH is 1. The zero-order valence-electron chi connectivity index (χ0n) is 22.4. The number of aliphatic hydroxyl groups is 1. The highest BCUT2D eigenvalue weighted by Crippen LogP contribution is 2.40. The van der Waals surface area contributed by atoms with E-state index in [-0.39, 0.29) is 5.57 Å². The molecular weight excluding hydrogens is 552 g/mol. The Bertz CT molecular complexity index is 1300. The van der Waals surface area contributed by atoms with E-state index >= 15 is 0 Å². The van der Waals surface area contributed by atoms with Crippen molar-refractivity contribution in [1.82, 2.24) is 14.9 Å². The molecule has 12 heteroatoms. The van der Waals surface area contributed by atoms with Crippen molar-refractivity contribution >= 4 is 53.0 Å². The highest BCUT2D eigenvalue weighted by molar-refractivity contribution is 7.99. The van der Waals surface area contributed by atoms with Gasteiger partial charge >= 0.3 is 0 Å². The van der Waals surface area contributed by atoms with Gasteiger partial charge < -0.3 is 25.0 Å². The largest absolute Gasteiger partial charge is 0.493 e. The van der Waals surface area contributed by atoms with Crippen molar-refractivity contribution in [2.24, 2.45) is 10.4 Å². The number of amidine groups is 1. The standard InChI is InChI=1S/C28H33ClN6O4S/c1-19(27(38)33-22-7-2-3-11-35(22)18-36)26(37)32-20-5-4-6-21(25(20)29)40-24-16-30-23(15-31-24)34-12-8-28(9-13-34)10-14-39-17-28/h4-6,15-16,18,38H,2-3,7-14,17H2,1H3,(H,32,37)/b27-19-,33-22-. The van der Waals surface area contributed by atoms with Crippen molar-refractivity contribution in [2.75, 3.05) is 43.1 Å². The van der Waals surface area contributed by atoms with Crippen LogP contribution in [0.3, 0.4) is 0 Å². The summed E-state index contributed by atoms with van der Waals surface area (Å²) in [6.45, 7) is 5.65. The molecule has 1 aromatic carbocycles.